The number of imide groups is 1. The van der Waals surface area contributed by atoms with Gasteiger partial charge >= 0.3 is 0 Å². The van der Waals surface area contributed by atoms with E-state index < -0.39 is 0 Å². The van der Waals surface area contributed by atoms with Crippen LogP contribution in [0.5, 0.6) is 0 Å². The summed E-state index contributed by atoms with van der Waals surface area (Å²) < 4.78 is 5.73. The lowest BCUT2D eigenvalue weighted by Crippen LogP contribution is -2.30. The lowest BCUT2D eigenvalue weighted by Gasteiger charge is -2.16. The van der Waals surface area contributed by atoms with Gasteiger partial charge in [0, 0.05) is 26.2 Å². The molecule has 1 heterocycles. The number of benzene rings is 2. The van der Waals surface area contributed by atoms with E-state index in [-0.39, 0.29) is 11.8 Å². The Morgan fingerprint density at radius 1 is 0.793 bits per heavy atom. The molecule has 0 unspecified atom stereocenters. The zero-order valence-corrected chi connectivity index (χ0v) is 17.2. The van der Waals surface area contributed by atoms with Crippen LogP contribution in [0.15, 0.2) is 54.6 Å². The summed E-state index contributed by atoms with van der Waals surface area (Å²) >= 11 is 0. The summed E-state index contributed by atoms with van der Waals surface area (Å²) in [6.45, 7) is 3.86. The summed E-state index contributed by atoms with van der Waals surface area (Å²) in [6.07, 6.45) is 3.75. The number of hydrogen-bond donors (Lipinski definition) is 0. The molecule has 1 aliphatic heterocycles. The van der Waals surface area contributed by atoms with Crippen LogP contribution in [0.1, 0.15) is 45.5 Å². The molecule has 3 rings (SSSR count). The number of likely N-dealkylation sites (N-methyl/N-ethyl adjacent to an activating group) is 1. The summed E-state index contributed by atoms with van der Waals surface area (Å²) in [7, 11) is 2.12. The summed E-state index contributed by atoms with van der Waals surface area (Å²) in [5.74, 6) is -0.333. The Morgan fingerprint density at radius 3 is 2.14 bits per heavy atom. The van der Waals surface area contributed by atoms with Crippen molar-refractivity contribution >= 4 is 11.8 Å². The number of carbonyl (C=O) groups excluding carboxylic acids is 2. The first-order valence-electron chi connectivity index (χ1n) is 10.4. The average Bonchev–Trinajstić information content (AvgIpc) is 2.99. The van der Waals surface area contributed by atoms with Crippen LogP contribution in [0.3, 0.4) is 0 Å². The molecule has 1 aliphatic rings. The fraction of sp³-hybridized carbons (Fsp3) is 0.417. The number of unbranched alkanes of at least 4 members (excludes halogenated alkanes) is 2. The van der Waals surface area contributed by atoms with Gasteiger partial charge in [-0.25, -0.2) is 0 Å². The van der Waals surface area contributed by atoms with Gasteiger partial charge in [-0.3, -0.25) is 14.5 Å². The lowest BCUT2D eigenvalue weighted by atomic mass is 10.1. The Bertz CT molecular complexity index is 772. The van der Waals surface area contributed by atoms with Gasteiger partial charge in [-0.2, -0.15) is 0 Å². The van der Waals surface area contributed by atoms with Crippen LogP contribution >= 0.6 is 0 Å². The Balaban J connectivity index is 1.21. The monoisotopic (exact) mass is 394 g/mol. The minimum atomic E-state index is -0.166. The van der Waals surface area contributed by atoms with E-state index in [2.05, 4.69) is 36.2 Å². The van der Waals surface area contributed by atoms with Crippen molar-refractivity contribution in [3.63, 3.8) is 0 Å². The first-order valence-corrected chi connectivity index (χ1v) is 10.4. The highest BCUT2D eigenvalue weighted by molar-refractivity contribution is 6.21. The first-order chi connectivity index (χ1) is 14.2. The van der Waals surface area contributed by atoms with Gasteiger partial charge < -0.3 is 9.64 Å². The first kappa shape index (κ1) is 21.2. The molecular formula is C24H30N2O3. The number of rotatable bonds is 12. The van der Waals surface area contributed by atoms with Crippen molar-refractivity contribution in [1.82, 2.24) is 9.80 Å². The molecule has 0 N–H and O–H groups in total. The van der Waals surface area contributed by atoms with Crippen molar-refractivity contribution in [3.05, 3.63) is 71.3 Å². The Morgan fingerprint density at radius 2 is 1.45 bits per heavy atom. The number of fused-ring (bicyclic) bond motifs is 1. The van der Waals surface area contributed by atoms with Crippen LogP contribution in [-0.2, 0) is 11.2 Å². The van der Waals surface area contributed by atoms with E-state index in [0.717, 1.165) is 45.4 Å². The molecular weight excluding hydrogens is 364 g/mol. The van der Waals surface area contributed by atoms with Crippen molar-refractivity contribution < 1.29 is 14.3 Å². The van der Waals surface area contributed by atoms with E-state index in [1.807, 2.05) is 6.07 Å². The molecule has 0 fully saturated rings. The molecule has 0 atom stereocenters. The lowest BCUT2D eigenvalue weighted by molar-refractivity contribution is 0.0649. The Labute approximate surface area is 173 Å². The molecule has 154 valence electrons. The van der Waals surface area contributed by atoms with Crippen LogP contribution in [0, 0.1) is 0 Å². The van der Waals surface area contributed by atoms with Gasteiger partial charge in [0.2, 0.25) is 0 Å². The highest BCUT2D eigenvalue weighted by Gasteiger charge is 2.34. The molecule has 0 saturated heterocycles. The zero-order valence-electron chi connectivity index (χ0n) is 17.2. The predicted molar refractivity (Wildman–Crippen MR) is 114 cm³/mol. The maximum atomic E-state index is 12.3. The van der Waals surface area contributed by atoms with E-state index in [4.69, 9.17) is 4.74 Å². The normalized spacial score (nSPS) is 13.4. The van der Waals surface area contributed by atoms with Crippen LogP contribution in [0.4, 0.5) is 0 Å². The molecule has 29 heavy (non-hydrogen) atoms. The quantitative estimate of drug-likeness (QED) is 0.407. The number of amides is 2. The standard InChI is InChI=1S/C24H30N2O3/c1-25(16-14-20-10-4-2-5-11-20)17-19-29-18-9-3-8-15-26-23(27)21-12-6-7-13-22(21)24(26)28/h2,4-7,10-13H,3,8-9,14-19H2,1H3. The maximum absolute atomic E-state index is 12.3. The molecule has 5 heteroatoms. The minimum absolute atomic E-state index is 0.166. The van der Waals surface area contributed by atoms with Gasteiger partial charge in [0.25, 0.3) is 11.8 Å². The molecule has 0 bridgehead atoms. The summed E-state index contributed by atoms with van der Waals surface area (Å²) in [6, 6.07) is 17.5. The number of nitrogens with zero attached hydrogens (tertiary/aromatic N) is 2. The van der Waals surface area contributed by atoms with Gasteiger partial charge in [-0.05, 0) is 50.4 Å². The topological polar surface area (TPSA) is 49.9 Å². The van der Waals surface area contributed by atoms with Crippen molar-refractivity contribution in [2.45, 2.75) is 25.7 Å². The second-order valence-corrected chi connectivity index (χ2v) is 7.52. The third kappa shape index (κ3) is 5.99. The van der Waals surface area contributed by atoms with Gasteiger partial charge in [0.15, 0.2) is 0 Å². The number of ether oxygens (including phenoxy) is 1. The van der Waals surface area contributed by atoms with Crippen LogP contribution in [-0.4, -0.2) is 61.5 Å². The molecule has 0 aliphatic carbocycles. The van der Waals surface area contributed by atoms with Crippen LogP contribution < -0.4 is 0 Å². The number of carbonyl (C=O) groups is 2. The van der Waals surface area contributed by atoms with Crippen molar-refractivity contribution in [2.75, 3.05) is 39.9 Å². The van der Waals surface area contributed by atoms with E-state index in [1.54, 1.807) is 24.3 Å². The van der Waals surface area contributed by atoms with E-state index >= 15 is 0 Å². The van der Waals surface area contributed by atoms with Gasteiger partial charge in [0.05, 0.1) is 17.7 Å². The second kappa shape index (κ2) is 10.9. The molecule has 2 aromatic carbocycles. The Hall–Kier alpha value is -2.50. The fourth-order valence-electron chi connectivity index (χ4n) is 3.49. The molecule has 0 radical (unpaired) electrons. The molecule has 2 aromatic rings. The Kier molecular flexibility index (Phi) is 7.96. The van der Waals surface area contributed by atoms with Crippen molar-refractivity contribution in [2.24, 2.45) is 0 Å². The zero-order chi connectivity index (χ0) is 20.5. The highest BCUT2D eigenvalue weighted by atomic mass is 16.5. The van der Waals surface area contributed by atoms with E-state index in [0.29, 0.717) is 24.3 Å². The smallest absolute Gasteiger partial charge is 0.261 e. The summed E-state index contributed by atoms with van der Waals surface area (Å²) in [4.78, 5) is 28.2. The van der Waals surface area contributed by atoms with Crippen LogP contribution in [0.2, 0.25) is 0 Å². The van der Waals surface area contributed by atoms with Crippen molar-refractivity contribution in [1.29, 1.82) is 0 Å². The van der Waals surface area contributed by atoms with E-state index in [1.165, 1.54) is 10.5 Å². The largest absolute Gasteiger partial charge is 0.380 e. The van der Waals surface area contributed by atoms with Gasteiger partial charge in [0.1, 0.15) is 0 Å². The molecule has 0 aromatic heterocycles. The molecule has 2 amide bonds. The highest BCUT2D eigenvalue weighted by Crippen LogP contribution is 2.22. The van der Waals surface area contributed by atoms with Crippen molar-refractivity contribution in [3.8, 4) is 0 Å². The van der Waals surface area contributed by atoms with E-state index in [9.17, 15) is 9.59 Å². The molecule has 5 nitrogen and oxygen atoms in total. The minimum Gasteiger partial charge on any atom is -0.380 e. The second-order valence-electron chi connectivity index (χ2n) is 7.52. The van der Waals surface area contributed by atoms with Crippen LogP contribution in [0.25, 0.3) is 0 Å². The predicted octanol–water partition coefficient (Wildman–Crippen LogP) is 3.64. The summed E-state index contributed by atoms with van der Waals surface area (Å²) in [5, 5.41) is 0. The molecule has 0 saturated carbocycles. The maximum Gasteiger partial charge on any atom is 0.261 e. The third-order valence-corrected chi connectivity index (χ3v) is 5.29. The van der Waals surface area contributed by atoms with Gasteiger partial charge in [-0.15, -0.1) is 0 Å². The SMILES string of the molecule is CN(CCOCCCCCN1C(=O)c2ccccc2C1=O)CCc1ccccc1. The summed E-state index contributed by atoms with van der Waals surface area (Å²) in [5.41, 5.74) is 2.41. The number of hydrogen-bond acceptors (Lipinski definition) is 4. The van der Waals surface area contributed by atoms with Gasteiger partial charge in [-0.1, -0.05) is 42.5 Å². The fourth-order valence-corrected chi connectivity index (χ4v) is 3.49. The third-order valence-electron chi connectivity index (χ3n) is 5.29. The molecule has 0 spiro atoms. The average molecular weight is 395 g/mol.